The number of hydrogen-bond donors (Lipinski definition) is 0. The predicted molar refractivity (Wildman–Crippen MR) is 96.8 cm³/mol. The zero-order valence-electron chi connectivity index (χ0n) is 12.4. The summed E-state index contributed by atoms with van der Waals surface area (Å²) >= 11 is 7.54. The van der Waals surface area contributed by atoms with Crippen LogP contribution in [0.3, 0.4) is 0 Å². The molecule has 0 bridgehead atoms. The van der Waals surface area contributed by atoms with Crippen molar-refractivity contribution in [1.29, 1.82) is 0 Å². The lowest BCUT2D eigenvalue weighted by atomic mass is 10.2. The molecule has 0 saturated heterocycles. The number of hydrogen-bond acceptors (Lipinski definition) is 4. The Balaban J connectivity index is 1.93. The van der Waals surface area contributed by atoms with E-state index in [1.54, 1.807) is 18.2 Å². The molecule has 0 N–H and O–H groups in total. The quantitative estimate of drug-likeness (QED) is 0.818. The molecule has 0 aromatic heterocycles. The SMILES string of the molecule is CCN1C(SCc2ccccc2Cl)=NS(=O)(=O)c2ccccc21. The Labute approximate surface area is 145 Å². The summed E-state index contributed by atoms with van der Waals surface area (Å²) in [5, 5.41) is 1.15. The molecule has 0 aliphatic carbocycles. The second-order valence-electron chi connectivity index (χ2n) is 4.94. The highest BCUT2D eigenvalue weighted by atomic mass is 35.5. The molecule has 4 nitrogen and oxygen atoms in total. The molecule has 120 valence electrons. The number of benzene rings is 2. The second kappa shape index (κ2) is 6.55. The van der Waals surface area contributed by atoms with Crippen molar-refractivity contribution in [2.75, 3.05) is 11.4 Å². The fraction of sp³-hybridized carbons (Fsp3) is 0.188. The standard InChI is InChI=1S/C16H15ClN2O2S2/c1-2-19-14-9-5-6-10-15(14)23(20,21)18-16(19)22-11-12-7-3-4-8-13(12)17/h3-10H,2,11H2,1H3. The zero-order valence-corrected chi connectivity index (χ0v) is 14.8. The number of amidine groups is 1. The summed E-state index contributed by atoms with van der Waals surface area (Å²) in [6, 6.07) is 14.5. The fourth-order valence-corrected chi connectivity index (χ4v) is 5.17. The number of sulfonamides is 1. The Morgan fingerprint density at radius 3 is 2.57 bits per heavy atom. The van der Waals surface area contributed by atoms with Crippen LogP contribution >= 0.6 is 23.4 Å². The van der Waals surface area contributed by atoms with Gasteiger partial charge in [-0.15, -0.1) is 4.40 Å². The monoisotopic (exact) mass is 366 g/mol. The van der Waals surface area contributed by atoms with E-state index in [9.17, 15) is 8.42 Å². The zero-order chi connectivity index (χ0) is 16.4. The molecule has 0 fully saturated rings. The first-order valence-corrected chi connectivity index (χ1v) is 9.91. The molecule has 7 heteroatoms. The van der Waals surface area contributed by atoms with Crippen molar-refractivity contribution in [3.05, 3.63) is 59.1 Å². The molecule has 0 atom stereocenters. The Morgan fingerprint density at radius 1 is 1.13 bits per heavy atom. The highest BCUT2D eigenvalue weighted by Gasteiger charge is 2.29. The summed E-state index contributed by atoms with van der Waals surface area (Å²) in [5.41, 5.74) is 1.63. The van der Waals surface area contributed by atoms with Gasteiger partial charge in [0.05, 0.1) is 5.69 Å². The largest absolute Gasteiger partial charge is 0.319 e. The number of anilines is 1. The van der Waals surface area contributed by atoms with E-state index in [4.69, 9.17) is 11.6 Å². The van der Waals surface area contributed by atoms with Gasteiger partial charge in [0, 0.05) is 17.3 Å². The van der Waals surface area contributed by atoms with Crippen LogP contribution in [0.5, 0.6) is 0 Å². The van der Waals surface area contributed by atoms with Crippen molar-refractivity contribution in [2.24, 2.45) is 4.40 Å². The maximum Gasteiger partial charge on any atom is 0.286 e. The average Bonchev–Trinajstić information content (AvgIpc) is 2.54. The molecule has 1 heterocycles. The summed E-state index contributed by atoms with van der Waals surface area (Å²) in [6.45, 7) is 2.61. The highest BCUT2D eigenvalue weighted by Crippen LogP contribution is 2.35. The van der Waals surface area contributed by atoms with E-state index < -0.39 is 10.0 Å². The van der Waals surface area contributed by atoms with Gasteiger partial charge in [0.15, 0.2) is 5.17 Å². The lowest BCUT2D eigenvalue weighted by Crippen LogP contribution is -2.33. The van der Waals surface area contributed by atoms with Gasteiger partial charge in [-0.2, -0.15) is 8.42 Å². The van der Waals surface area contributed by atoms with Crippen molar-refractivity contribution in [2.45, 2.75) is 17.6 Å². The van der Waals surface area contributed by atoms with Crippen LogP contribution in [0.15, 0.2) is 57.8 Å². The van der Waals surface area contributed by atoms with Crippen molar-refractivity contribution in [3.8, 4) is 0 Å². The van der Waals surface area contributed by atoms with E-state index in [0.29, 0.717) is 28.2 Å². The van der Waals surface area contributed by atoms with Gasteiger partial charge in [-0.05, 0) is 30.7 Å². The van der Waals surface area contributed by atoms with Crippen LogP contribution in [0, 0.1) is 0 Å². The number of halogens is 1. The van der Waals surface area contributed by atoms with Gasteiger partial charge in [-0.3, -0.25) is 0 Å². The topological polar surface area (TPSA) is 49.7 Å². The van der Waals surface area contributed by atoms with E-state index in [1.165, 1.54) is 11.8 Å². The Kier molecular flexibility index (Phi) is 4.66. The third kappa shape index (κ3) is 3.24. The summed E-state index contributed by atoms with van der Waals surface area (Å²) in [4.78, 5) is 2.17. The van der Waals surface area contributed by atoms with Crippen LogP contribution < -0.4 is 4.90 Å². The van der Waals surface area contributed by atoms with Crippen molar-refractivity contribution < 1.29 is 8.42 Å². The van der Waals surface area contributed by atoms with Gasteiger partial charge in [0.2, 0.25) is 0 Å². The van der Waals surface area contributed by atoms with Gasteiger partial charge >= 0.3 is 0 Å². The van der Waals surface area contributed by atoms with Crippen molar-refractivity contribution in [3.63, 3.8) is 0 Å². The van der Waals surface area contributed by atoms with Crippen LogP contribution in [0.1, 0.15) is 12.5 Å². The van der Waals surface area contributed by atoms with Gasteiger partial charge in [0.1, 0.15) is 4.90 Å². The second-order valence-corrected chi connectivity index (χ2v) is 7.86. The normalized spacial score (nSPS) is 15.9. The molecule has 0 saturated carbocycles. The van der Waals surface area contributed by atoms with Gasteiger partial charge in [-0.1, -0.05) is 53.7 Å². The Bertz CT molecular complexity index is 866. The molecule has 2 aromatic carbocycles. The molecular weight excluding hydrogens is 352 g/mol. The number of thioether (sulfide) groups is 1. The van der Waals surface area contributed by atoms with Crippen LogP contribution in [-0.2, 0) is 15.8 Å². The summed E-state index contributed by atoms with van der Waals surface area (Å²) in [7, 11) is -3.66. The molecule has 0 radical (unpaired) electrons. The van der Waals surface area contributed by atoms with Crippen molar-refractivity contribution in [1.82, 2.24) is 0 Å². The minimum absolute atomic E-state index is 0.254. The first kappa shape index (κ1) is 16.4. The number of para-hydroxylation sites is 1. The fourth-order valence-electron chi connectivity index (χ4n) is 2.37. The van der Waals surface area contributed by atoms with Crippen LogP contribution in [0.25, 0.3) is 0 Å². The van der Waals surface area contributed by atoms with Gasteiger partial charge < -0.3 is 4.90 Å². The lowest BCUT2D eigenvalue weighted by Gasteiger charge is -2.29. The smallest absolute Gasteiger partial charge is 0.286 e. The van der Waals surface area contributed by atoms with E-state index in [-0.39, 0.29) is 4.90 Å². The van der Waals surface area contributed by atoms with E-state index in [0.717, 1.165) is 5.56 Å². The van der Waals surface area contributed by atoms with E-state index in [1.807, 2.05) is 42.2 Å². The number of nitrogens with zero attached hydrogens (tertiary/aromatic N) is 2. The number of fused-ring (bicyclic) bond motifs is 1. The highest BCUT2D eigenvalue weighted by molar-refractivity contribution is 8.14. The molecule has 1 aliphatic heterocycles. The molecule has 0 spiro atoms. The van der Waals surface area contributed by atoms with Crippen molar-refractivity contribution >= 4 is 44.2 Å². The molecule has 3 rings (SSSR count). The molecule has 0 amide bonds. The van der Waals surface area contributed by atoms with E-state index in [2.05, 4.69) is 4.40 Å². The molecule has 1 aliphatic rings. The van der Waals surface area contributed by atoms with Gasteiger partial charge in [-0.25, -0.2) is 0 Å². The maximum absolute atomic E-state index is 12.4. The third-order valence-electron chi connectivity index (χ3n) is 3.49. The summed E-state index contributed by atoms with van der Waals surface area (Å²) < 4.78 is 28.7. The van der Waals surface area contributed by atoms with Crippen LogP contribution in [0.4, 0.5) is 5.69 Å². The average molecular weight is 367 g/mol. The maximum atomic E-state index is 12.4. The third-order valence-corrected chi connectivity index (χ3v) is 6.32. The molecule has 0 unspecified atom stereocenters. The van der Waals surface area contributed by atoms with Crippen LogP contribution in [-0.4, -0.2) is 20.1 Å². The minimum Gasteiger partial charge on any atom is -0.319 e. The first-order chi connectivity index (χ1) is 11.0. The molecule has 2 aromatic rings. The van der Waals surface area contributed by atoms with Gasteiger partial charge in [0.25, 0.3) is 10.0 Å². The Morgan fingerprint density at radius 2 is 1.83 bits per heavy atom. The van der Waals surface area contributed by atoms with Crippen LogP contribution in [0.2, 0.25) is 5.02 Å². The Hall–Kier alpha value is -1.50. The molecular formula is C16H15ClN2O2S2. The molecule has 23 heavy (non-hydrogen) atoms. The van der Waals surface area contributed by atoms with E-state index >= 15 is 0 Å². The predicted octanol–water partition coefficient (Wildman–Crippen LogP) is 4.16. The number of rotatable bonds is 3. The summed E-state index contributed by atoms with van der Waals surface area (Å²) in [6.07, 6.45) is 0. The lowest BCUT2D eigenvalue weighted by molar-refractivity contribution is 0.597. The minimum atomic E-state index is -3.66. The summed E-state index contributed by atoms with van der Waals surface area (Å²) in [5.74, 6) is 0.562. The first-order valence-electron chi connectivity index (χ1n) is 7.10.